The number of nitrogens with one attached hydrogen (secondary N) is 2. The molecule has 2 N–H and O–H groups in total. The molecule has 0 saturated heterocycles. The Morgan fingerprint density at radius 1 is 1.12 bits per heavy atom. The van der Waals surface area contributed by atoms with Crippen LogP contribution in [0, 0.1) is 6.92 Å². The van der Waals surface area contributed by atoms with Gasteiger partial charge in [0.2, 0.25) is 5.13 Å². The molecule has 0 spiro atoms. The predicted octanol–water partition coefficient (Wildman–Crippen LogP) is 3.38. The number of methoxy groups -OCH3 is 2. The second-order valence-corrected chi connectivity index (χ2v) is 6.12. The third-order valence-electron chi connectivity index (χ3n) is 3.55. The molecule has 0 radical (unpaired) electrons. The third kappa shape index (κ3) is 3.11. The summed E-state index contributed by atoms with van der Waals surface area (Å²) in [6.07, 6.45) is 0. The van der Waals surface area contributed by atoms with Gasteiger partial charge in [-0.25, -0.2) is 4.98 Å². The fourth-order valence-electron chi connectivity index (χ4n) is 2.30. The van der Waals surface area contributed by atoms with Gasteiger partial charge in [0, 0.05) is 5.56 Å². The summed E-state index contributed by atoms with van der Waals surface area (Å²) in [5, 5.41) is 0.633. The summed E-state index contributed by atoms with van der Waals surface area (Å²) in [6, 6.07) is 11.0. The minimum absolute atomic E-state index is 0.285. The number of carbonyl (C=O) groups excluding carboxylic acids is 1. The van der Waals surface area contributed by atoms with Crippen molar-refractivity contribution < 1.29 is 14.3 Å². The van der Waals surface area contributed by atoms with Gasteiger partial charge < -0.3 is 9.47 Å². The van der Waals surface area contributed by atoms with Gasteiger partial charge in [0.05, 0.1) is 24.4 Å². The lowest BCUT2D eigenvalue weighted by Gasteiger charge is -2.10. The number of carbonyl (C=O) groups is 1. The van der Waals surface area contributed by atoms with Crippen molar-refractivity contribution in [2.75, 3.05) is 19.6 Å². The number of hydrogen-bond acceptors (Lipinski definition) is 6. The molecule has 2 aromatic carbocycles. The molecule has 3 rings (SSSR count). The van der Waals surface area contributed by atoms with Crippen molar-refractivity contribution in [3.05, 3.63) is 47.5 Å². The highest BCUT2D eigenvalue weighted by Gasteiger charge is 2.11. The van der Waals surface area contributed by atoms with Crippen molar-refractivity contribution in [3.8, 4) is 11.5 Å². The SMILES string of the molecule is COc1ccc(C(=O)NNc2nc3c(C)cccc3s2)cc1OC. The molecular weight excluding hydrogens is 326 g/mol. The number of fused-ring (bicyclic) bond motifs is 1. The number of para-hydroxylation sites is 1. The Bertz CT molecular complexity index is 892. The quantitative estimate of drug-likeness (QED) is 0.695. The van der Waals surface area contributed by atoms with Gasteiger partial charge in [0.15, 0.2) is 11.5 Å². The fourth-order valence-corrected chi connectivity index (χ4v) is 3.20. The zero-order valence-electron chi connectivity index (χ0n) is 13.5. The molecule has 0 saturated carbocycles. The van der Waals surface area contributed by atoms with Crippen molar-refractivity contribution in [2.24, 2.45) is 0 Å². The molecule has 124 valence electrons. The summed E-state index contributed by atoms with van der Waals surface area (Å²) < 4.78 is 11.4. The summed E-state index contributed by atoms with van der Waals surface area (Å²) in [7, 11) is 3.08. The number of amides is 1. The Kier molecular flexibility index (Phi) is 4.52. The summed E-state index contributed by atoms with van der Waals surface area (Å²) in [5.74, 6) is 0.788. The predicted molar refractivity (Wildman–Crippen MR) is 95.0 cm³/mol. The number of nitrogens with zero attached hydrogens (tertiary/aromatic N) is 1. The Hall–Kier alpha value is -2.80. The van der Waals surface area contributed by atoms with Crippen LogP contribution >= 0.6 is 11.3 Å². The van der Waals surface area contributed by atoms with Gasteiger partial charge in [0.1, 0.15) is 0 Å². The lowest BCUT2D eigenvalue weighted by molar-refractivity contribution is 0.0962. The molecule has 0 aliphatic heterocycles. The largest absolute Gasteiger partial charge is 0.493 e. The number of thiazole rings is 1. The number of hydrazine groups is 1. The number of aryl methyl sites for hydroxylation is 1. The van der Waals surface area contributed by atoms with Crippen LogP contribution in [0.1, 0.15) is 15.9 Å². The Morgan fingerprint density at radius 3 is 2.62 bits per heavy atom. The van der Waals surface area contributed by atoms with Crippen LogP contribution in [0.4, 0.5) is 5.13 Å². The Labute approximate surface area is 143 Å². The maximum atomic E-state index is 12.3. The molecule has 0 atom stereocenters. The van der Waals surface area contributed by atoms with Crippen LogP contribution in [0.5, 0.6) is 11.5 Å². The number of benzene rings is 2. The van der Waals surface area contributed by atoms with Crippen LogP contribution in [0.15, 0.2) is 36.4 Å². The van der Waals surface area contributed by atoms with E-state index < -0.39 is 0 Å². The van der Waals surface area contributed by atoms with Gasteiger partial charge in [-0.2, -0.15) is 0 Å². The van der Waals surface area contributed by atoms with Gasteiger partial charge in [0.25, 0.3) is 5.91 Å². The second-order valence-electron chi connectivity index (χ2n) is 5.09. The van der Waals surface area contributed by atoms with E-state index in [-0.39, 0.29) is 5.91 Å². The molecule has 24 heavy (non-hydrogen) atoms. The molecule has 6 nitrogen and oxygen atoms in total. The molecule has 1 aromatic heterocycles. The van der Waals surface area contributed by atoms with Crippen LogP contribution < -0.4 is 20.3 Å². The number of anilines is 1. The van der Waals surface area contributed by atoms with E-state index in [9.17, 15) is 4.79 Å². The average molecular weight is 343 g/mol. The fraction of sp³-hybridized carbons (Fsp3) is 0.176. The van der Waals surface area contributed by atoms with Crippen LogP contribution in [0.25, 0.3) is 10.2 Å². The highest BCUT2D eigenvalue weighted by Crippen LogP contribution is 2.28. The zero-order valence-corrected chi connectivity index (χ0v) is 14.4. The topological polar surface area (TPSA) is 72.5 Å². The number of hydrogen-bond donors (Lipinski definition) is 2. The lowest BCUT2D eigenvalue weighted by Crippen LogP contribution is -2.29. The molecule has 3 aromatic rings. The number of aromatic nitrogens is 1. The van der Waals surface area contributed by atoms with Crippen molar-refractivity contribution in [1.82, 2.24) is 10.4 Å². The summed E-state index contributed by atoms with van der Waals surface area (Å²) >= 11 is 1.48. The van der Waals surface area contributed by atoms with E-state index >= 15 is 0 Å². The molecule has 0 aliphatic carbocycles. The van der Waals surface area contributed by atoms with E-state index in [4.69, 9.17) is 9.47 Å². The highest BCUT2D eigenvalue weighted by atomic mass is 32.1. The van der Waals surface area contributed by atoms with Gasteiger partial charge >= 0.3 is 0 Å². The highest BCUT2D eigenvalue weighted by molar-refractivity contribution is 7.22. The molecule has 0 aliphatic rings. The maximum Gasteiger partial charge on any atom is 0.269 e. The van der Waals surface area contributed by atoms with Crippen LogP contribution in [-0.4, -0.2) is 25.1 Å². The molecule has 1 amide bonds. The molecule has 1 heterocycles. The van der Waals surface area contributed by atoms with E-state index in [0.29, 0.717) is 22.2 Å². The van der Waals surface area contributed by atoms with Crippen molar-refractivity contribution in [2.45, 2.75) is 6.92 Å². The average Bonchev–Trinajstić information content (AvgIpc) is 3.03. The van der Waals surface area contributed by atoms with Gasteiger partial charge in [-0.15, -0.1) is 0 Å². The summed E-state index contributed by atoms with van der Waals surface area (Å²) in [5.41, 5.74) is 8.00. The van der Waals surface area contributed by atoms with Crippen molar-refractivity contribution in [3.63, 3.8) is 0 Å². The van der Waals surface area contributed by atoms with Crippen molar-refractivity contribution in [1.29, 1.82) is 0 Å². The first-order valence-electron chi connectivity index (χ1n) is 7.27. The molecule has 0 unspecified atom stereocenters. The zero-order chi connectivity index (χ0) is 17.1. The Morgan fingerprint density at radius 2 is 1.92 bits per heavy atom. The van der Waals surface area contributed by atoms with Crippen LogP contribution in [0.2, 0.25) is 0 Å². The lowest BCUT2D eigenvalue weighted by atomic mass is 10.2. The minimum Gasteiger partial charge on any atom is -0.493 e. The first kappa shape index (κ1) is 16.1. The van der Waals surface area contributed by atoms with Gasteiger partial charge in [-0.1, -0.05) is 23.5 Å². The maximum absolute atomic E-state index is 12.3. The molecule has 0 bridgehead atoms. The van der Waals surface area contributed by atoms with Crippen LogP contribution in [-0.2, 0) is 0 Å². The Balaban J connectivity index is 1.73. The number of ether oxygens (including phenoxy) is 2. The standard InChI is InChI=1S/C17H17N3O3S/c1-10-5-4-6-14-15(10)18-17(24-14)20-19-16(21)11-7-8-12(22-2)13(9-11)23-3/h4-9H,1-3H3,(H,18,20)(H,19,21). The first-order valence-corrected chi connectivity index (χ1v) is 8.08. The van der Waals surface area contributed by atoms with Crippen LogP contribution in [0.3, 0.4) is 0 Å². The van der Waals surface area contributed by atoms with E-state index in [1.54, 1.807) is 25.3 Å². The van der Waals surface area contributed by atoms with E-state index in [1.165, 1.54) is 18.4 Å². The molecular formula is C17H17N3O3S. The normalized spacial score (nSPS) is 10.5. The minimum atomic E-state index is -0.285. The third-order valence-corrected chi connectivity index (χ3v) is 4.49. The van der Waals surface area contributed by atoms with Gasteiger partial charge in [-0.3, -0.25) is 15.6 Å². The summed E-state index contributed by atoms with van der Waals surface area (Å²) in [4.78, 5) is 16.8. The van der Waals surface area contributed by atoms with E-state index in [0.717, 1.165) is 15.8 Å². The monoisotopic (exact) mass is 343 g/mol. The molecule has 0 fully saturated rings. The van der Waals surface area contributed by atoms with E-state index in [1.807, 2.05) is 25.1 Å². The first-order chi connectivity index (χ1) is 11.6. The van der Waals surface area contributed by atoms with Crippen molar-refractivity contribution >= 4 is 32.6 Å². The molecule has 7 heteroatoms. The van der Waals surface area contributed by atoms with Gasteiger partial charge in [-0.05, 0) is 36.8 Å². The van der Waals surface area contributed by atoms with E-state index in [2.05, 4.69) is 15.8 Å². The second kappa shape index (κ2) is 6.76. The summed E-state index contributed by atoms with van der Waals surface area (Å²) in [6.45, 7) is 2.01. The number of rotatable bonds is 5. The smallest absolute Gasteiger partial charge is 0.269 e.